The van der Waals surface area contributed by atoms with E-state index in [2.05, 4.69) is 0 Å². The maximum atomic E-state index is 13.3. The molecular weight excluding hydrogens is 228 g/mol. The van der Waals surface area contributed by atoms with E-state index >= 15 is 0 Å². The lowest BCUT2D eigenvalue weighted by atomic mass is 10.1. The summed E-state index contributed by atoms with van der Waals surface area (Å²) in [5.41, 5.74) is 5.86. The van der Waals surface area contributed by atoms with Gasteiger partial charge in [-0.25, -0.2) is 8.78 Å². The van der Waals surface area contributed by atoms with Gasteiger partial charge in [0.2, 0.25) is 0 Å². The van der Waals surface area contributed by atoms with Gasteiger partial charge in [0.1, 0.15) is 11.6 Å². The highest BCUT2D eigenvalue weighted by atomic mass is 32.2. The van der Waals surface area contributed by atoms with E-state index in [1.807, 2.05) is 0 Å². The predicted octanol–water partition coefficient (Wildman–Crippen LogP) is 3.19. The first kappa shape index (κ1) is 11.9. The van der Waals surface area contributed by atoms with Gasteiger partial charge in [-0.05, 0) is 43.4 Å². The van der Waals surface area contributed by atoms with Crippen LogP contribution in [0.1, 0.15) is 19.3 Å². The monoisotopic (exact) mass is 243 g/mol. The lowest BCUT2D eigenvalue weighted by Crippen LogP contribution is -2.11. The topological polar surface area (TPSA) is 26.0 Å². The zero-order chi connectivity index (χ0) is 11.6. The molecule has 0 aromatic heterocycles. The molecule has 0 spiro atoms. The Bertz CT molecular complexity index is 377. The van der Waals surface area contributed by atoms with Crippen molar-refractivity contribution in [3.63, 3.8) is 0 Å². The van der Waals surface area contributed by atoms with Crippen molar-refractivity contribution in [1.82, 2.24) is 0 Å². The minimum atomic E-state index is -0.523. The SMILES string of the molecule is NCCC1(CSc2ccc(F)cc2F)CC1. The van der Waals surface area contributed by atoms with Crippen molar-refractivity contribution in [3.8, 4) is 0 Å². The average molecular weight is 243 g/mol. The Labute approximate surface area is 98.4 Å². The van der Waals surface area contributed by atoms with Gasteiger partial charge in [-0.2, -0.15) is 0 Å². The first-order valence-corrected chi connectivity index (χ1v) is 6.42. The number of thioether (sulfide) groups is 1. The van der Waals surface area contributed by atoms with Crippen molar-refractivity contribution < 1.29 is 8.78 Å². The Morgan fingerprint density at radius 1 is 1.31 bits per heavy atom. The van der Waals surface area contributed by atoms with Gasteiger partial charge >= 0.3 is 0 Å². The molecule has 1 fully saturated rings. The van der Waals surface area contributed by atoms with E-state index in [9.17, 15) is 8.78 Å². The molecule has 1 aliphatic carbocycles. The normalized spacial score (nSPS) is 17.4. The Morgan fingerprint density at radius 2 is 2.06 bits per heavy atom. The Kier molecular flexibility index (Phi) is 3.50. The predicted molar refractivity (Wildman–Crippen MR) is 62.4 cm³/mol. The largest absolute Gasteiger partial charge is 0.330 e. The van der Waals surface area contributed by atoms with Crippen molar-refractivity contribution in [2.24, 2.45) is 11.1 Å². The molecule has 2 N–H and O–H groups in total. The van der Waals surface area contributed by atoms with E-state index in [-0.39, 0.29) is 0 Å². The molecule has 1 nitrogen and oxygen atoms in total. The smallest absolute Gasteiger partial charge is 0.139 e. The first-order chi connectivity index (χ1) is 7.65. The fourth-order valence-corrected chi connectivity index (χ4v) is 3.03. The lowest BCUT2D eigenvalue weighted by Gasteiger charge is -2.13. The molecule has 1 aromatic carbocycles. The summed E-state index contributed by atoms with van der Waals surface area (Å²) in [4.78, 5) is 0.532. The molecule has 1 aromatic rings. The number of hydrogen-bond donors (Lipinski definition) is 1. The van der Waals surface area contributed by atoms with Crippen LogP contribution >= 0.6 is 11.8 Å². The standard InChI is InChI=1S/C12H15F2NS/c13-9-1-2-11(10(14)7-9)16-8-12(3-4-12)5-6-15/h1-2,7H,3-6,8,15H2. The highest BCUT2D eigenvalue weighted by Crippen LogP contribution is 2.51. The molecule has 0 bridgehead atoms. The minimum Gasteiger partial charge on any atom is -0.330 e. The molecule has 16 heavy (non-hydrogen) atoms. The van der Waals surface area contributed by atoms with Crippen LogP contribution in [0, 0.1) is 17.0 Å². The second kappa shape index (κ2) is 4.72. The second-order valence-electron chi connectivity index (χ2n) is 4.40. The van der Waals surface area contributed by atoms with Gasteiger partial charge < -0.3 is 5.73 Å². The number of halogens is 2. The van der Waals surface area contributed by atoms with E-state index in [1.54, 1.807) is 0 Å². The Morgan fingerprint density at radius 3 is 2.62 bits per heavy atom. The van der Waals surface area contributed by atoms with Crippen LogP contribution in [0.5, 0.6) is 0 Å². The number of nitrogens with two attached hydrogens (primary N) is 1. The molecule has 0 aliphatic heterocycles. The fraction of sp³-hybridized carbons (Fsp3) is 0.500. The van der Waals surface area contributed by atoms with Gasteiger partial charge in [0, 0.05) is 16.7 Å². The van der Waals surface area contributed by atoms with Crippen molar-refractivity contribution in [3.05, 3.63) is 29.8 Å². The summed E-state index contributed by atoms with van der Waals surface area (Å²) < 4.78 is 26.0. The molecule has 0 unspecified atom stereocenters. The van der Waals surface area contributed by atoms with E-state index in [1.165, 1.54) is 36.7 Å². The zero-order valence-corrected chi connectivity index (χ0v) is 9.83. The third kappa shape index (κ3) is 2.74. The molecule has 1 saturated carbocycles. The van der Waals surface area contributed by atoms with Gasteiger partial charge in [0.25, 0.3) is 0 Å². The number of hydrogen-bond acceptors (Lipinski definition) is 2. The van der Waals surface area contributed by atoms with Gasteiger partial charge in [-0.15, -0.1) is 11.8 Å². The third-order valence-corrected chi connectivity index (χ3v) is 4.46. The van der Waals surface area contributed by atoms with Crippen molar-refractivity contribution >= 4 is 11.8 Å². The lowest BCUT2D eigenvalue weighted by molar-refractivity contribution is 0.535. The van der Waals surface area contributed by atoms with Crippen LogP contribution in [0.4, 0.5) is 8.78 Å². The molecule has 0 amide bonds. The quantitative estimate of drug-likeness (QED) is 0.804. The highest BCUT2D eigenvalue weighted by Gasteiger charge is 2.41. The minimum absolute atomic E-state index is 0.320. The average Bonchev–Trinajstić information content (AvgIpc) is 2.98. The maximum absolute atomic E-state index is 13.3. The van der Waals surface area contributed by atoms with Crippen LogP contribution in [0.15, 0.2) is 23.1 Å². The van der Waals surface area contributed by atoms with Crippen molar-refractivity contribution in [2.45, 2.75) is 24.2 Å². The van der Waals surface area contributed by atoms with Gasteiger partial charge in [0.05, 0.1) is 0 Å². The van der Waals surface area contributed by atoms with Crippen LogP contribution < -0.4 is 5.73 Å². The summed E-state index contributed by atoms with van der Waals surface area (Å²) in [6, 6.07) is 3.74. The summed E-state index contributed by atoms with van der Waals surface area (Å²) in [5, 5.41) is 0. The molecule has 0 atom stereocenters. The van der Waals surface area contributed by atoms with Gasteiger partial charge in [-0.1, -0.05) is 0 Å². The number of rotatable bonds is 5. The van der Waals surface area contributed by atoms with Crippen LogP contribution in [0.2, 0.25) is 0 Å². The summed E-state index contributed by atoms with van der Waals surface area (Å²) in [7, 11) is 0. The fourth-order valence-electron chi connectivity index (χ4n) is 1.77. The first-order valence-electron chi connectivity index (χ1n) is 5.43. The summed E-state index contributed by atoms with van der Waals surface area (Å²) >= 11 is 1.47. The van der Waals surface area contributed by atoms with E-state index in [4.69, 9.17) is 5.73 Å². The van der Waals surface area contributed by atoms with E-state index in [0.717, 1.165) is 18.2 Å². The summed E-state index contributed by atoms with van der Waals surface area (Å²) in [6.45, 7) is 0.687. The van der Waals surface area contributed by atoms with Crippen LogP contribution in [-0.4, -0.2) is 12.3 Å². The van der Waals surface area contributed by atoms with Crippen LogP contribution in [-0.2, 0) is 0 Å². The third-order valence-electron chi connectivity index (χ3n) is 3.06. The van der Waals surface area contributed by atoms with Crippen molar-refractivity contribution in [2.75, 3.05) is 12.3 Å². The zero-order valence-electron chi connectivity index (χ0n) is 9.01. The Balaban J connectivity index is 1.94. The second-order valence-corrected chi connectivity index (χ2v) is 5.42. The van der Waals surface area contributed by atoms with Crippen molar-refractivity contribution in [1.29, 1.82) is 0 Å². The van der Waals surface area contributed by atoms with Gasteiger partial charge in [0.15, 0.2) is 0 Å². The molecule has 0 heterocycles. The Hall–Kier alpha value is -0.610. The van der Waals surface area contributed by atoms with Crippen LogP contribution in [0.25, 0.3) is 0 Å². The van der Waals surface area contributed by atoms with E-state index in [0.29, 0.717) is 16.9 Å². The molecule has 2 rings (SSSR count). The molecular formula is C12H15F2NS. The highest BCUT2D eigenvalue weighted by molar-refractivity contribution is 7.99. The summed E-state index contributed by atoms with van der Waals surface area (Å²) in [5.74, 6) is -0.106. The maximum Gasteiger partial charge on any atom is 0.139 e. The number of benzene rings is 1. The summed E-state index contributed by atoms with van der Waals surface area (Å²) in [6.07, 6.45) is 3.36. The van der Waals surface area contributed by atoms with E-state index < -0.39 is 11.6 Å². The van der Waals surface area contributed by atoms with Crippen LogP contribution in [0.3, 0.4) is 0 Å². The molecule has 0 radical (unpaired) electrons. The molecule has 1 aliphatic rings. The molecule has 88 valence electrons. The molecule has 4 heteroatoms. The van der Waals surface area contributed by atoms with Gasteiger partial charge in [-0.3, -0.25) is 0 Å². The molecule has 0 saturated heterocycles.